The average molecular weight is 391 g/mol. The van der Waals surface area contributed by atoms with Crippen molar-refractivity contribution in [3.05, 3.63) is 53.1 Å². The lowest BCUT2D eigenvalue weighted by atomic mass is 9.53. The standard InChI is InChI=1S/C26H34N2O/c1-25(2,3)18-8-4-5-10-21(18)28-23-15-17-14-22-19-9-6-7-11-26(19,12-13-27-22)20(17)16-24(23)29/h4-5,8,10,15-16,19,22,27-29H,6-7,9,11-14H2,1-3H3/t19-,22+,26+/m1/s1. The number of hydrogen-bond donors (Lipinski definition) is 3. The Morgan fingerprint density at radius 3 is 2.72 bits per heavy atom. The summed E-state index contributed by atoms with van der Waals surface area (Å²) in [6.45, 7) is 7.81. The fraction of sp³-hybridized carbons (Fsp3) is 0.538. The zero-order chi connectivity index (χ0) is 20.2. The topological polar surface area (TPSA) is 44.3 Å². The van der Waals surface area contributed by atoms with E-state index in [1.165, 1.54) is 48.8 Å². The fourth-order valence-electron chi connectivity index (χ4n) is 6.46. The molecule has 3 atom stereocenters. The predicted molar refractivity (Wildman–Crippen MR) is 120 cm³/mol. The van der Waals surface area contributed by atoms with Crippen LogP contribution in [0.25, 0.3) is 0 Å². The van der Waals surface area contributed by atoms with Gasteiger partial charge in [0.15, 0.2) is 0 Å². The second kappa shape index (κ2) is 6.77. The summed E-state index contributed by atoms with van der Waals surface area (Å²) >= 11 is 0. The number of nitrogens with one attached hydrogen (secondary N) is 2. The smallest absolute Gasteiger partial charge is 0.139 e. The Balaban J connectivity index is 1.56. The van der Waals surface area contributed by atoms with Crippen molar-refractivity contribution < 1.29 is 5.11 Å². The molecule has 1 saturated carbocycles. The first-order chi connectivity index (χ1) is 13.9. The second-order valence-corrected chi connectivity index (χ2v) is 10.5. The van der Waals surface area contributed by atoms with Crippen molar-refractivity contribution in [3.63, 3.8) is 0 Å². The van der Waals surface area contributed by atoms with Crippen molar-refractivity contribution in [3.8, 4) is 5.75 Å². The van der Waals surface area contributed by atoms with Gasteiger partial charge in [0.25, 0.3) is 0 Å². The summed E-state index contributed by atoms with van der Waals surface area (Å²) in [6.07, 6.45) is 7.58. The van der Waals surface area contributed by atoms with Crippen molar-refractivity contribution in [2.75, 3.05) is 11.9 Å². The van der Waals surface area contributed by atoms with Gasteiger partial charge in [-0.1, -0.05) is 51.8 Å². The highest BCUT2D eigenvalue weighted by atomic mass is 16.3. The molecule has 3 N–H and O–H groups in total. The number of aromatic hydroxyl groups is 1. The minimum atomic E-state index is 0.0443. The molecule has 1 heterocycles. The van der Waals surface area contributed by atoms with Crippen LogP contribution in [0.15, 0.2) is 36.4 Å². The van der Waals surface area contributed by atoms with Gasteiger partial charge in [0, 0.05) is 17.1 Å². The molecule has 3 heteroatoms. The van der Waals surface area contributed by atoms with E-state index in [0.29, 0.717) is 11.8 Å². The number of piperidine rings is 1. The van der Waals surface area contributed by atoms with Crippen LogP contribution in [0.5, 0.6) is 5.75 Å². The minimum Gasteiger partial charge on any atom is -0.506 e. The van der Waals surface area contributed by atoms with Gasteiger partial charge in [-0.15, -0.1) is 0 Å². The highest BCUT2D eigenvalue weighted by molar-refractivity contribution is 5.71. The maximum Gasteiger partial charge on any atom is 0.139 e. The molecule has 0 spiro atoms. The van der Waals surface area contributed by atoms with E-state index < -0.39 is 0 Å². The van der Waals surface area contributed by atoms with Crippen LogP contribution in [-0.2, 0) is 17.3 Å². The highest BCUT2D eigenvalue weighted by Gasteiger charge is 2.51. The average Bonchev–Trinajstić information content (AvgIpc) is 2.69. The monoisotopic (exact) mass is 390 g/mol. The van der Waals surface area contributed by atoms with E-state index >= 15 is 0 Å². The normalized spacial score (nSPS) is 28.4. The summed E-state index contributed by atoms with van der Waals surface area (Å²) in [5, 5.41) is 18.4. The third kappa shape index (κ3) is 3.06. The molecular weight excluding hydrogens is 356 g/mol. The van der Waals surface area contributed by atoms with E-state index in [1.807, 2.05) is 0 Å². The quantitative estimate of drug-likeness (QED) is 0.570. The number of fused-ring (bicyclic) bond motifs is 1. The molecule has 0 radical (unpaired) electrons. The van der Waals surface area contributed by atoms with Crippen LogP contribution < -0.4 is 10.6 Å². The van der Waals surface area contributed by atoms with Crippen LogP contribution in [0.2, 0.25) is 0 Å². The number of phenolic OH excluding ortho intramolecular Hbond substituents is 1. The Labute approximate surface area is 174 Å². The summed E-state index contributed by atoms with van der Waals surface area (Å²) in [6, 6.07) is 13.4. The first kappa shape index (κ1) is 19.0. The Morgan fingerprint density at radius 2 is 1.90 bits per heavy atom. The Kier molecular flexibility index (Phi) is 4.43. The lowest BCUT2D eigenvalue weighted by Crippen LogP contribution is -2.59. The maximum atomic E-state index is 11.0. The van der Waals surface area contributed by atoms with E-state index in [-0.39, 0.29) is 10.8 Å². The molecule has 2 fully saturated rings. The van der Waals surface area contributed by atoms with Gasteiger partial charge < -0.3 is 15.7 Å². The molecule has 2 bridgehead atoms. The van der Waals surface area contributed by atoms with Crippen LogP contribution >= 0.6 is 0 Å². The molecule has 0 aromatic heterocycles. The first-order valence-corrected chi connectivity index (χ1v) is 11.3. The molecule has 2 aliphatic carbocycles. The lowest BCUT2D eigenvalue weighted by molar-refractivity contribution is 0.0796. The predicted octanol–water partition coefficient (Wildman–Crippen LogP) is 5.78. The third-order valence-electron chi connectivity index (χ3n) is 7.76. The van der Waals surface area contributed by atoms with Crippen molar-refractivity contribution >= 4 is 11.4 Å². The van der Waals surface area contributed by atoms with Crippen LogP contribution in [0, 0.1) is 5.92 Å². The van der Waals surface area contributed by atoms with Crippen LogP contribution in [0.3, 0.4) is 0 Å². The Hall–Kier alpha value is -2.00. The number of benzene rings is 2. The van der Waals surface area contributed by atoms with E-state index in [2.05, 4.69) is 67.8 Å². The zero-order valence-electron chi connectivity index (χ0n) is 18.0. The summed E-state index contributed by atoms with van der Waals surface area (Å²) in [4.78, 5) is 0. The molecular formula is C26H34N2O. The number of anilines is 2. The molecule has 0 unspecified atom stereocenters. The molecule has 1 aliphatic heterocycles. The fourth-order valence-corrected chi connectivity index (χ4v) is 6.46. The summed E-state index contributed by atoms with van der Waals surface area (Å²) in [7, 11) is 0. The second-order valence-electron chi connectivity index (χ2n) is 10.5. The van der Waals surface area contributed by atoms with Crippen molar-refractivity contribution in [1.82, 2.24) is 5.32 Å². The molecule has 0 amide bonds. The molecule has 3 nitrogen and oxygen atoms in total. The minimum absolute atomic E-state index is 0.0443. The van der Waals surface area contributed by atoms with Gasteiger partial charge >= 0.3 is 0 Å². The molecule has 154 valence electrons. The van der Waals surface area contributed by atoms with Gasteiger partial charge in [-0.3, -0.25) is 0 Å². The largest absolute Gasteiger partial charge is 0.506 e. The van der Waals surface area contributed by atoms with Gasteiger partial charge in [0.05, 0.1) is 5.69 Å². The Bertz CT molecular complexity index is 925. The first-order valence-electron chi connectivity index (χ1n) is 11.3. The highest BCUT2D eigenvalue weighted by Crippen LogP contribution is 2.55. The van der Waals surface area contributed by atoms with Gasteiger partial charge in [0.1, 0.15) is 5.75 Å². The van der Waals surface area contributed by atoms with Crippen LogP contribution in [-0.4, -0.2) is 17.7 Å². The van der Waals surface area contributed by atoms with E-state index in [1.54, 1.807) is 0 Å². The number of hydrogen-bond acceptors (Lipinski definition) is 3. The van der Waals surface area contributed by atoms with E-state index in [0.717, 1.165) is 30.3 Å². The number of para-hydroxylation sites is 1. The summed E-state index contributed by atoms with van der Waals surface area (Å²) in [5.74, 6) is 1.13. The van der Waals surface area contributed by atoms with Gasteiger partial charge in [-0.05, 0) is 78.5 Å². The molecule has 5 rings (SSSR count). The number of phenols is 1. The lowest BCUT2D eigenvalue weighted by Gasteiger charge is -2.56. The number of rotatable bonds is 2. The van der Waals surface area contributed by atoms with Gasteiger partial charge in [-0.25, -0.2) is 0 Å². The molecule has 3 aliphatic rings. The molecule has 29 heavy (non-hydrogen) atoms. The zero-order valence-corrected chi connectivity index (χ0v) is 18.0. The molecule has 2 aromatic carbocycles. The molecule has 1 saturated heterocycles. The van der Waals surface area contributed by atoms with E-state index in [9.17, 15) is 5.11 Å². The maximum absolute atomic E-state index is 11.0. The van der Waals surface area contributed by atoms with Gasteiger partial charge in [0.2, 0.25) is 0 Å². The van der Waals surface area contributed by atoms with Crippen LogP contribution in [0.4, 0.5) is 11.4 Å². The van der Waals surface area contributed by atoms with Crippen molar-refractivity contribution in [1.29, 1.82) is 0 Å². The van der Waals surface area contributed by atoms with Crippen molar-refractivity contribution in [2.24, 2.45) is 5.92 Å². The SMILES string of the molecule is CC(C)(C)c1ccccc1Nc1cc2c(cc1O)[C@]13CCCC[C@@H]1[C@H](C2)NCC3. The molecule has 2 aromatic rings. The summed E-state index contributed by atoms with van der Waals surface area (Å²) in [5.41, 5.74) is 6.37. The Morgan fingerprint density at radius 1 is 1.07 bits per heavy atom. The van der Waals surface area contributed by atoms with Gasteiger partial charge in [-0.2, -0.15) is 0 Å². The third-order valence-corrected chi connectivity index (χ3v) is 7.76. The summed E-state index contributed by atoms with van der Waals surface area (Å²) < 4.78 is 0. The van der Waals surface area contributed by atoms with Crippen molar-refractivity contribution in [2.45, 2.75) is 76.2 Å². The van der Waals surface area contributed by atoms with E-state index in [4.69, 9.17) is 0 Å². The van der Waals surface area contributed by atoms with Crippen LogP contribution in [0.1, 0.15) is 69.6 Å².